The summed E-state index contributed by atoms with van der Waals surface area (Å²) in [5.74, 6) is 1.79. The highest BCUT2D eigenvalue weighted by molar-refractivity contribution is 7.99. The Morgan fingerprint density at radius 2 is 0.769 bits per heavy atom. The van der Waals surface area contributed by atoms with Gasteiger partial charge < -0.3 is 9.64 Å². The summed E-state index contributed by atoms with van der Waals surface area (Å²) in [5.41, 5.74) is 12.4. The maximum Gasteiger partial charge on any atom is 0.132 e. The molecular weight excluding hydrogens is 651 g/mol. The van der Waals surface area contributed by atoms with E-state index in [1.807, 2.05) is 11.8 Å². The number of hydrogen-bond acceptors (Lipinski definition) is 3. The van der Waals surface area contributed by atoms with Gasteiger partial charge in [0, 0.05) is 38.0 Å². The van der Waals surface area contributed by atoms with E-state index in [1.165, 1.54) is 43.2 Å². The fourth-order valence-electron chi connectivity index (χ4n) is 8.06. The Kier molecular flexibility index (Phi) is 7.33. The molecule has 0 fully saturated rings. The Hall–Kier alpha value is -6.29. The number of para-hydroxylation sites is 2. The zero-order chi connectivity index (χ0) is 34.5. The minimum absolute atomic E-state index is 0.571. The predicted molar refractivity (Wildman–Crippen MR) is 215 cm³/mol. The third-order valence-electron chi connectivity index (χ3n) is 10.4. The number of ether oxygens (including phenoxy) is 1. The van der Waals surface area contributed by atoms with Crippen molar-refractivity contribution in [3.63, 3.8) is 0 Å². The van der Waals surface area contributed by atoms with Gasteiger partial charge >= 0.3 is 0 Å². The van der Waals surface area contributed by atoms with Crippen molar-refractivity contribution in [2.24, 2.45) is 0 Å². The van der Waals surface area contributed by atoms with E-state index in [1.54, 1.807) is 0 Å². The lowest BCUT2D eigenvalue weighted by molar-refractivity contribution is 0.431. The molecule has 8 aromatic carbocycles. The average molecular weight is 684 g/mol. The van der Waals surface area contributed by atoms with Crippen LogP contribution in [0.25, 0.3) is 22.3 Å². The number of fused-ring (bicyclic) bond motifs is 8. The molecule has 2 heterocycles. The molecule has 0 saturated carbocycles. The average Bonchev–Trinajstić information content (AvgIpc) is 3.22. The van der Waals surface area contributed by atoms with Crippen molar-refractivity contribution >= 4 is 28.8 Å². The highest BCUT2D eigenvalue weighted by atomic mass is 32.2. The number of anilines is 3. The summed E-state index contributed by atoms with van der Waals surface area (Å²) in [7, 11) is 0. The molecule has 0 saturated heterocycles. The lowest BCUT2D eigenvalue weighted by atomic mass is 9.63. The van der Waals surface area contributed by atoms with Crippen molar-refractivity contribution in [3.05, 3.63) is 222 Å². The maximum atomic E-state index is 6.63. The summed E-state index contributed by atoms with van der Waals surface area (Å²) in [5, 5.41) is 0. The van der Waals surface area contributed by atoms with Gasteiger partial charge in [0.1, 0.15) is 11.5 Å². The van der Waals surface area contributed by atoms with E-state index in [4.69, 9.17) is 4.74 Å². The molecule has 0 aromatic heterocycles. The van der Waals surface area contributed by atoms with E-state index in [0.29, 0.717) is 0 Å². The molecule has 2 aliphatic rings. The van der Waals surface area contributed by atoms with Crippen LogP contribution in [0.4, 0.5) is 17.1 Å². The molecule has 0 radical (unpaired) electrons. The van der Waals surface area contributed by atoms with Crippen LogP contribution >= 0.6 is 11.8 Å². The molecule has 0 N–H and O–H groups in total. The number of benzene rings is 8. The van der Waals surface area contributed by atoms with E-state index in [0.717, 1.165) is 39.7 Å². The molecule has 2 nitrogen and oxygen atoms in total. The molecular formula is C49H33NOS. The van der Waals surface area contributed by atoms with Gasteiger partial charge in [0.15, 0.2) is 0 Å². The van der Waals surface area contributed by atoms with E-state index in [2.05, 4.69) is 205 Å². The minimum Gasteiger partial charge on any atom is -0.457 e. The van der Waals surface area contributed by atoms with Crippen LogP contribution in [-0.2, 0) is 5.41 Å². The topological polar surface area (TPSA) is 12.5 Å². The van der Waals surface area contributed by atoms with Gasteiger partial charge in [-0.05, 0) is 94.0 Å². The smallest absolute Gasteiger partial charge is 0.132 e. The normalized spacial score (nSPS) is 13.2. The summed E-state index contributed by atoms with van der Waals surface area (Å²) < 4.78 is 6.63. The Morgan fingerprint density at radius 3 is 1.33 bits per heavy atom. The largest absolute Gasteiger partial charge is 0.457 e. The molecule has 0 amide bonds. The Bertz CT molecular complexity index is 2380. The van der Waals surface area contributed by atoms with Crippen molar-refractivity contribution in [2.45, 2.75) is 15.2 Å². The van der Waals surface area contributed by atoms with Gasteiger partial charge in [0.2, 0.25) is 0 Å². The molecule has 0 atom stereocenters. The van der Waals surface area contributed by atoms with Crippen molar-refractivity contribution in [3.8, 4) is 33.8 Å². The van der Waals surface area contributed by atoms with E-state index >= 15 is 0 Å². The van der Waals surface area contributed by atoms with Crippen LogP contribution in [0, 0.1) is 0 Å². The van der Waals surface area contributed by atoms with Gasteiger partial charge in [0.25, 0.3) is 0 Å². The number of rotatable bonds is 5. The molecule has 52 heavy (non-hydrogen) atoms. The third kappa shape index (κ3) is 4.89. The van der Waals surface area contributed by atoms with Gasteiger partial charge in [-0.3, -0.25) is 0 Å². The van der Waals surface area contributed by atoms with Gasteiger partial charge in [0.05, 0.1) is 5.41 Å². The first-order valence-corrected chi connectivity index (χ1v) is 18.5. The third-order valence-corrected chi connectivity index (χ3v) is 11.6. The minimum atomic E-state index is -0.571. The fraction of sp³-hybridized carbons (Fsp3) is 0.0204. The van der Waals surface area contributed by atoms with Crippen molar-refractivity contribution in [2.75, 3.05) is 4.90 Å². The highest BCUT2D eigenvalue weighted by Gasteiger charge is 2.49. The van der Waals surface area contributed by atoms with E-state index in [9.17, 15) is 0 Å². The van der Waals surface area contributed by atoms with Crippen LogP contribution < -0.4 is 9.64 Å². The van der Waals surface area contributed by atoms with Crippen LogP contribution in [0.5, 0.6) is 11.5 Å². The predicted octanol–water partition coefficient (Wildman–Crippen LogP) is 13.4. The standard InChI is InChI=1S/C49H33NOS/c1-3-13-34(14-4-1)36-23-27-38(28-24-36)50(39-29-25-37(26-30-39)35-15-5-2-6-16-35)40-31-32-48-44(33-40)49(43-19-9-12-22-47(43)52-48)41-17-7-10-20-45(41)51-46-21-11-8-18-42(46)49/h1-33H. The zero-order valence-corrected chi connectivity index (χ0v) is 29.1. The first-order valence-electron chi connectivity index (χ1n) is 17.7. The second kappa shape index (κ2) is 12.5. The summed E-state index contributed by atoms with van der Waals surface area (Å²) in [6, 6.07) is 72.1. The van der Waals surface area contributed by atoms with Gasteiger partial charge in [-0.2, -0.15) is 0 Å². The van der Waals surface area contributed by atoms with E-state index in [-0.39, 0.29) is 0 Å². The number of nitrogens with zero attached hydrogens (tertiary/aromatic N) is 1. The summed E-state index contributed by atoms with van der Waals surface area (Å²) in [6.45, 7) is 0. The lowest BCUT2D eigenvalue weighted by Gasteiger charge is -2.45. The highest BCUT2D eigenvalue weighted by Crippen LogP contribution is 2.62. The molecule has 2 aliphatic heterocycles. The van der Waals surface area contributed by atoms with E-state index < -0.39 is 5.41 Å². The van der Waals surface area contributed by atoms with Crippen LogP contribution in [0.15, 0.2) is 210 Å². The summed E-state index contributed by atoms with van der Waals surface area (Å²) in [6.07, 6.45) is 0. The van der Waals surface area contributed by atoms with Crippen molar-refractivity contribution < 1.29 is 4.74 Å². The van der Waals surface area contributed by atoms with Gasteiger partial charge in [-0.15, -0.1) is 0 Å². The Balaban J connectivity index is 1.20. The molecule has 1 spiro atoms. The Morgan fingerprint density at radius 1 is 0.346 bits per heavy atom. The van der Waals surface area contributed by atoms with Crippen LogP contribution in [0.1, 0.15) is 22.3 Å². The van der Waals surface area contributed by atoms with Crippen LogP contribution in [-0.4, -0.2) is 0 Å². The second-order valence-electron chi connectivity index (χ2n) is 13.3. The molecule has 8 aromatic rings. The SMILES string of the molecule is c1ccc(-c2ccc(N(c3ccc(-c4ccccc4)cc3)c3ccc4c(c3)C3(c5ccccc5Oc5ccccc53)c3ccccc3S4)cc2)cc1. The van der Waals surface area contributed by atoms with Crippen LogP contribution in [0.3, 0.4) is 0 Å². The molecule has 0 unspecified atom stereocenters. The first-order chi connectivity index (χ1) is 25.8. The molecule has 0 aliphatic carbocycles. The zero-order valence-electron chi connectivity index (χ0n) is 28.3. The summed E-state index contributed by atoms with van der Waals surface area (Å²) >= 11 is 1.85. The van der Waals surface area contributed by atoms with Crippen LogP contribution in [0.2, 0.25) is 0 Å². The van der Waals surface area contributed by atoms with Gasteiger partial charge in [-0.25, -0.2) is 0 Å². The van der Waals surface area contributed by atoms with Crippen molar-refractivity contribution in [1.29, 1.82) is 0 Å². The Labute approximate surface area is 308 Å². The molecule has 3 heteroatoms. The quantitative estimate of drug-likeness (QED) is 0.179. The molecule has 246 valence electrons. The fourth-order valence-corrected chi connectivity index (χ4v) is 9.23. The number of hydrogen-bond donors (Lipinski definition) is 0. The maximum absolute atomic E-state index is 6.63. The second-order valence-corrected chi connectivity index (χ2v) is 14.4. The monoisotopic (exact) mass is 683 g/mol. The lowest BCUT2D eigenvalue weighted by Crippen LogP contribution is -2.36. The molecule has 10 rings (SSSR count). The van der Waals surface area contributed by atoms with Gasteiger partial charge in [-0.1, -0.05) is 151 Å². The first kappa shape index (κ1) is 30.5. The summed E-state index contributed by atoms with van der Waals surface area (Å²) in [4.78, 5) is 4.90. The molecule has 0 bridgehead atoms. The van der Waals surface area contributed by atoms with Crippen molar-refractivity contribution in [1.82, 2.24) is 0 Å².